The van der Waals surface area contributed by atoms with E-state index in [0.717, 1.165) is 11.8 Å². The molecule has 1 amide bonds. The third-order valence-electron chi connectivity index (χ3n) is 3.60. The van der Waals surface area contributed by atoms with Gasteiger partial charge < -0.3 is 4.74 Å². The molecule has 0 spiro atoms. The minimum absolute atomic E-state index is 0.0462. The molecule has 2 aromatic rings. The van der Waals surface area contributed by atoms with Crippen LogP contribution >= 0.6 is 11.6 Å². The number of amides is 1. The molecule has 0 bridgehead atoms. The Hall–Kier alpha value is -2.47. The number of carbonyl (C=O) groups is 1. The lowest BCUT2D eigenvalue weighted by Gasteiger charge is -2.23. The number of methoxy groups -OCH3 is 1. The van der Waals surface area contributed by atoms with Crippen LogP contribution in [0.2, 0.25) is 5.28 Å². The lowest BCUT2D eigenvalue weighted by molar-refractivity contribution is 0.123. The number of hydrogen-bond acceptors (Lipinski definition) is 4. The Kier molecular flexibility index (Phi) is 4.25. The molecule has 118 valence electrons. The van der Waals surface area contributed by atoms with Crippen molar-refractivity contribution in [3.05, 3.63) is 65.0 Å². The summed E-state index contributed by atoms with van der Waals surface area (Å²) in [5.74, 6) is -0.584. The number of benzene rings is 1. The molecule has 0 N–H and O–H groups in total. The molecule has 0 fully saturated rings. The topological polar surface area (TPSA) is 55.3 Å². The number of nitrogens with zero attached hydrogens (tertiary/aromatic N) is 3. The minimum Gasteiger partial charge on any atom is -0.453 e. The van der Waals surface area contributed by atoms with Crippen LogP contribution in [-0.4, -0.2) is 34.6 Å². The summed E-state index contributed by atoms with van der Waals surface area (Å²) in [6.45, 7) is 0.177. The molecule has 0 radical (unpaired) electrons. The van der Waals surface area contributed by atoms with Crippen molar-refractivity contribution >= 4 is 23.3 Å². The molecule has 1 aromatic heterocycles. The predicted molar refractivity (Wildman–Crippen MR) is 83.3 cm³/mol. The number of carbonyl (C=O) groups excluding carboxylic acids is 1. The summed E-state index contributed by atoms with van der Waals surface area (Å²) in [5, 5.41) is -0.0462. The van der Waals surface area contributed by atoms with E-state index in [1.165, 1.54) is 12.0 Å². The minimum atomic E-state index is -0.584. The highest BCUT2D eigenvalue weighted by Gasteiger charge is 2.32. The average molecular weight is 334 g/mol. The molecule has 0 aliphatic carbocycles. The Balaban J connectivity index is 2.03. The molecule has 1 aromatic carbocycles. The lowest BCUT2D eigenvalue weighted by Crippen LogP contribution is -2.31. The number of rotatable bonds is 2. The maximum Gasteiger partial charge on any atom is 0.410 e. The van der Waals surface area contributed by atoms with Gasteiger partial charge in [-0.25, -0.2) is 19.2 Å². The summed E-state index contributed by atoms with van der Waals surface area (Å²) >= 11 is 5.75. The van der Waals surface area contributed by atoms with Crippen LogP contribution in [0.5, 0.6) is 0 Å². The number of hydrogen-bond donors (Lipinski definition) is 0. The second-order valence-electron chi connectivity index (χ2n) is 4.98. The van der Waals surface area contributed by atoms with Crippen molar-refractivity contribution in [1.82, 2.24) is 14.9 Å². The van der Waals surface area contributed by atoms with E-state index in [4.69, 9.17) is 16.3 Å². The van der Waals surface area contributed by atoms with Gasteiger partial charge in [-0.3, -0.25) is 4.90 Å². The van der Waals surface area contributed by atoms with Crippen molar-refractivity contribution in [3.8, 4) is 0 Å². The number of halogens is 2. The van der Waals surface area contributed by atoms with Crippen molar-refractivity contribution in [3.63, 3.8) is 0 Å². The first-order chi connectivity index (χ1) is 11.1. The molecule has 5 nitrogen and oxygen atoms in total. The molecule has 1 aliphatic heterocycles. The van der Waals surface area contributed by atoms with Gasteiger partial charge in [0.15, 0.2) is 5.82 Å². The second-order valence-corrected chi connectivity index (χ2v) is 5.32. The summed E-state index contributed by atoms with van der Waals surface area (Å²) in [6, 6.07) is 9.06. The summed E-state index contributed by atoms with van der Waals surface area (Å²) in [5.41, 5.74) is 1.55. The molecule has 2 heterocycles. The normalized spacial score (nSPS) is 17.1. The first-order valence-electron chi connectivity index (χ1n) is 6.89. The highest BCUT2D eigenvalue weighted by Crippen LogP contribution is 2.35. The molecule has 7 heteroatoms. The molecule has 0 saturated heterocycles. The highest BCUT2D eigenvalue weighted by molar-refractivity contribution is 6.28. The largest absolute Gasteiger partial charge is 0.453 e. The first-order valence-corrected chi connectivity index (χ1v) is 7.26. The van der Waals surface area contributed by atoms with Gasteiger partial charge in [0.1, 0.15) is 5.69 Å². The van der Waals surface area contributed by atoms with Crippen molar-refractivity contribution < 1.29 is 13.9 Å². The van der Waals surface area contributed by atoms with Crippen molar-refractivity contribution in [2.45, 2.75) is 6.04 Å². The van der Waals surface area contributed by atoms with Crippen LogP contribution in [0.4, 0.5) is 9.18 Å². The SMILES string of the molecule is COC(=O)N1CC(c2nc(Cl)ncc2F)=C[C@H]1c1ccccc1. The van der Waals surface area contributed by atoms with E-state index in [2.05, 4.69) is 9.97 Å². The van der Waals surface area contributed by atoms with Gasteiger partial charge in [0.2, 0.25) is 5.28 Å². The monoisotopic (exact) mass is 333 g/mol. The fourth-order valence-corrected chi connectivity index (χ4v) is 2.69. The zero-order chi connectivity index (χ0) is 16.4. The van der Waals surface area contributed by atoms with Crippen molar-refractivity contribution in [1.29, 1.82) is 0 Å². The van der Waals surface area contributed by atoms with Crippen LogP contribution in [0.25, 0.3) is 5.57 Å². The van der Waals surface area contributed by atoms with E-state index in [9.17, 15) is 9.18 Å². The van der Waals surface area contributed by atoms with E-state index in [1.807, 2.05) is 30.3 Å². The fourth-order valence-electron chi connectivity index (χ4n) is 2.56. The summed E-state index contributed by atoms with van der Waals surface area (Å²) in [7, 11) is 1.31. The van der Waals surface area contributed by atoms with Crippen LogP contribution in [0.3, 0.4) is 0 Å². The smallest absolute Gasteiger partial charge is 0.410 e. The van der Waals surface area contributed by atoms with Crippen LogP contribution in [-0.2, 0) is 4.74 Å². The quantitative estimate of drug-likeness (QED) is 0.790. The second kappa shape index (κ2) is 6.34. The van der Waals surface area contributed by atoms with Gasteiger partial charge in [-0.1, -0.05) is 36.4 Å². The molecule has 0 unspecified atom stereocenters. The van der Waals surface area contributed by atoms with Gasteiger partial charge in [-0.2, -0.15) is 0 Å². The predicted octanol–water partition coefficient (Wildman–Crippen LogP) is 3.48. The Morgan fingerprint density at radius 3 is 2.83 bits per heavy atom. The third kappa shape index (κ3) is 3.03. The average Bonchev–Trinajstić information content (AvgIpc) is 3.02. The summed E-state index contributed by atoms with van der Waals surface area (Å²) in [4.78, 5) is 21.1. The number of ether oxygens (including phenoxy) is 1. The van der Waals surface area contributed by atoms with Gasteiger partial charge in [0.25, 0.3) is 0 Å². The van der Waals surface area contributed by atoms with Crippen molar-refractivity contribution in [2.75, 3.05) is 13.7 Å². The lowest BCUT2D eigenvalue weighted by atomic mass is 10.1. The van der Waals surface area contributed by atoms with Crippen LogP contribution in [0.15, 0.2) is 42.6 Å². The zero-order valence-corrected chi connectivity index (χ0v) is 13.0. The maximum atomic E-state index is 14.0. The Morgan fingerprint density at radius 1 is 1.39 bits per heavy atom. The van der Waals surface area contributed by atoms with Gasteiger partial charge in [-0.05, 0) is 22.7 Å². The highest BCUT2D eigenvalue weighted by atomic mass is 35.5. The van der Waals surface area contributed by atoms with E-state index in [-0.39, 0.29) is 23.6 Å². The van der Waals surface area contributed by atoms with E-state index >= 15 is 0 Å². The molecular formula is C16H13ClFN3O2. The van der Waals surface area contributed by atoms with Gasteiger partial charge >= 0.3 is 6.09 Å². The Labute approximate surface area is 137 Å². The van der Waals surface area contributed by atoms with E-state index in [1.54, 1.807) is 6.08 Å². The summed E-state index contributed by atoms with van der Waals surface area (Å²) < 4.78 is 18.8. The van der Waals surface area contributed by atoms with Crippen molar-refractivity contribution in [2.24, 2.45) is 0 Å². The van der Waals surface area contributed by atoms with Crippen LogP contribution in [0, 0.1) is 5.82 Å². The first kappa shape index (κ1) is 15.4. The summed E-state index contributed by atoms with van der Waals surface area (Å²) in [6.07, 6.45) is 2.31. The van der Waals surface area contributed by atoms with Gasteiger partial charge in [0.05, 0.1) is 25.9 Å². The van der Waals surface area contributed by atoms with Crippen LogP contribution < -0.4 is 0 Å². The molecular weight excluding hydrogens is 321 g/mol. The molecule has 0 saturated carbocycles. The molecule has 23 heavy (non-hydrogen) atoms. The molecule has 3 rings (SSSR count). The van der Waals surface area contributed by atoms with E-state index < -0.39 is 11.9 Å². The fraction of sp³-hybridized carbons (Fsp3) is 0.188. The van der Waals surface area contributed by atoms with Gasteiger partial charge in [0, 0.05) is 0 Å². The van der Waals surface area contributed by atoms with E-state index in [0.29, 0.717) is 5.57 Å². The molecule has 1 aliphatic rings. The Morgan fingerprint density at radius 2 is 2.13 bits per heavy atom. The number of aromatic nitrogens is 2. The van der Waals surface area contributed by atoms with Gasteiger partial charge in [-0.15, -0.1) is 0 Å². The Bertz CT molecular complexity index is 767. The standard InChI is InChI=1S/C16H13ClFN3O2/c1-23-16(22)21-9-11(14-12(18)8-19-15(17)20-14)7-13(21)10-5-3-2-4-6-10/h2-8,13H,9H2,1H3/t13-/m0/s1. The third-order valence-corrected chi connectivity index (χ3v) is 3.79. The van der Waals surface area contributed by atoms with Crippen LogP contribution in [0.1, 0.15) is 17.3 Å². The maximum absolute atomic E-state index is 14.0. The molecule has 1 atom stereocenters. The zero-order valence-electron chi connectivity index (χ0n) is 12.2.